The average molecular weight is 531 g/mol. The maximum Gasteiger partial charge on any atom is 0.433 e. The van der Waals surface area contributed by atoms with Crippen molar-refractivity contribution in [1.29, 1.82) is 0 Å². The van der Waals surface area contributed by atoms with E-state index in [4.69, 9.17) is 20.8 Å². The highest BCUT2D eigenvalue weighted by Crippen LogP contribution is 2.35. The first-order chi connectivity index (χ1) is 17.7. The molecule has 0 radical (unpaired) electrons. The van der Waals surface area contributed by atoms with Crippen molar-refractivity contribution in [1.82, 2.24) is 15.3 Å². The van der Waals surface area contributed by atoms with Crippen LogP contribution in [0.1, 0.15) is 41.9 Å². The number of alkyl halides is 3. The average Bonchev–Trinajstić information content (AvgIpc) is 3.34. The van der Waals surface area contributed by atoms with Gasteiger partial charge < -0.3 is 19.8 Å². The number of carbonyl (C=O) groups is 1. The maximum absolute atomic E-state index is 13.4. The van der Waals surface area contributed by atoms with E-state index in [2.05, 4.69) is 20.6 Å². The van der Waals surface area contributed by atoms with Gasteiger partial charge in [-0.15, -0.1) is 0 Å². The van der Waals surface area contributed by atoms with E-state index in [0.717, 1.165) is 6.07 Å². The molecule has 0 unspecified atom stereocenters. The van der Waals surface area contributed by atoms with Gasteiger partial charge >= 0.3 is 6.18 Å². The number of fused-ring (bicyclic) bond motifs is 1. The summed E-state index contributed by atoms with van der Waals surface area (Å²) < 4.78 is 51.2. The van der Waals surface area contributed by atoms with Crippen LogP contribution in [-0.4, -0.2) is 28.0 Å². The molecule has 5 rings (SSSR count). The molecule has 0 atom stereocenters. The molecule has 1 aliphatic rings. The smallest absolute Gasteiger partial charge is 0.424 e. The Morgan fingerprint density at radius 1 is 1.05 bits per heavy atom. The molecular formula is C26H22ClF3N4O3. The molecule has 3 heterocycles. The highest BCUT2D eigenvalue weighted by atomic mass is 35.5. The van der Waals surface area contributed by atoms with Gasteiger partial charge in [-0.05, 0) is 68.1 Å². The molecule has 3 aromatic heterocycles. The quantitative estimate of drug-likeness (QED) is 0.284. The highest BCUT2D eigenvalue weighted by Gasteiger charge is 2.34. The molecule has 1 aliphatic carbocycles. The van der Waals surface area contributed by atoms with Gasteiger partial charge in [0.2, 0.25) is 0 Å². The third-order valence-corrected chi connectivity index (χ3v) is 6.38. The molecule has 1 aromatic carbocycles. The van der Waals surface area contributed by atoms with E-state index < -0.39 is 11.9 Å². The lowest BCUT2D eigenvalue weighted by molar-refractivity contribution is -0.140. The fourth-order valence-corrected chi connectivity index (χ4v) is 4.51. The minimum Gasteiger partial charge on any atom is -0.424 e. The van der Waals surface area contributed by atoms with Crippen molar-refractivity contribution in [3.8, 4) is 11.7 Å². The number of halogens is 4. The number of nitrogens with zero attached hydrogens (tertiary/aromatic N) is 2. The molecule has 0 aliphatic heterocycles. The van der Waals surface area contributed by atoms with Crippen molar-refractivity contribution in [2.24, 2.45) is 0 Å². The van der Waals surface area contributed by atoms with Crippen molar-refractivity contribution < 1.29 is 27.1 Å². The van der Waals surface area contributed by atoms with Crippen LogP contribution >= 0.6 is 11.6 Å². The summed E-state index contributed by atoms with van der Waals surface area (Å²) in [5.41, 5.74) is -0.409. The Morgan fingerprint density at radius 2 is 1.84 bits per heavy atom. The number of rotatable bonds is 6. The summed E-state index contributed by atoms with van der Waals surface area (Å²) in [5, 5.41) is 7.14. The van der Waals surface area contributed by atoms with E-state index in [0.29, 0.717) is 47.5 Å². The number of benzene rings is 1. The van der Waals surface area contributed by atoms with Gasteiger partial charge in [-0.1, -0.05) is 11.6 Å². The van der Waals surface area contributed by atoms with E-state index in [1.165, 1.54) is 24.4 Å². The first-order valence-corrected chi connectivity index (χ1v) is 12.0. The molecule has 1 saturated carbocycles. The number of carbonyl (C=O) groups excluding carboxylic acids is 1. The number of pyridine rings is 2. The van der Waals surface area contributed by atoms with E-state index in [1.54, 1.807) is 30.5 Å². The number of amides is 1. The van der Waals surface area contributed by atoms with Gasteiger partial charge in [0.1, 0.15) is 11.4 Å². The molecule has 1 amide bonds. The second-order valence-corrected chi connectivity index (χ2v) is 9.23. The number of hydrogen-bond donors (Lipinski definition) is 2. The van der Waals surface area contributed by atoms with Crippen LogP contribution in [0.15, 0.2) is 65.3 Å². The number of ether oxygens (including phenoxy) is 1. The largest absolute Gasteiger partial charge is 0.433 e. The van der Waals surface area contributed by atoms with Crippen LogP contribution in [0.25, 0.3) is 10.9 Å². The number of nitrogens with one attached hydrogen (secondary N) is 2. The Bertz CT molecular complexity index is 1400. The fraction of sp³-hybridized carbons (Fsp3) is 0.269. The monoisotopic (exact) mass is 530 g/mol. The Balaban J connectivity index is 1.20. The molecule has 7 nitrogen and oxygen atoms in total. The molecule has 0 spiro atoms. The van der Waals surface area contributed by atoms with Gasteiger partial charge in [-0.2, -0.15) is 13.2 Å². The summed E-state index contributed by atoms with van der Waals surface area (Å²) in [7, 11) is 0. The molecule has 4 aromatic rings. The summed E-state index contributed by atoms with van der Waals surface area (Å²) >= 11 is 6.09. The van der Waals surface area contributed by atoms with Crippen molar-refractivity contribution in [2.75, 3.05) is 5.32 Å². The van der Waals surface area contributed by atoms with Gasteiger partial charge in [-0.25, -0.2) is 4.98 Å². The molecule has 11 heteroatoms. The second kappa shape index (κ2) is 10.3. The molecule has 192 valence electrons. The summed E-state index contributed by atoms with van der Waals surface area (Å²) in [6.45, 7) is 0. The normalized spacial score (nSPS) is 17.9. The van der Waals surface area contributed by atoms with Crippen LogP contribution in [0.3, 0.4) is 0 Å². The lowest BCUT2D eigenvalue weighted by atomic mass is 9.90. The van der Waals surface area contributed by atoms with Crippen molar-refractivity contribution in [2.45, 2.75) is 43.9 Å². The van der Waals surface area contributed by atoms with Crippen LogP contribution in [0, 0.1) is 0 Å². The van der Waals surface area contributed by atoms with E-state index in [9.17, 15) is 18.0 Å². The number of furan rings is 1. The Hall–Kier alpha value is -3.79. The maximum atomic E-state index is 13.4. The van der Waals surface area contributed by atoms with Crippen LogP contribution in [0.4, 0.5) is 18.9 Å². The number of anilines is 1. The zero-order chi connectivity index (χ0) is 26.0. The first kappa shape index (κ1) is 24.9. The predicted molar refractivity (Wildman–Crippen MR) is 132 cm³/mol. The van der Waals surface area contributed by atoms with Crippen LogP contribution < -0.4 is 15.4 Å². The topological polar surface area (TPSA) is 89.3 Å². The van der Waals surface area contributed by atoms with Gasteiger partial charge in [0.05, 0.1) is 11.7 Å². The standard InChI is InChI=1S/C26H22ClF3N4O3/c27-15-3-8-20-19(12-15)21(13-23(34-20)26(28,29)30)32-16-4-6-17(7-5-16)33-25(35)22-9-10-24(37-22)36-18-2-1-11-31-14-18/h1-3,8-14,16-17H,4-7H2,(H,32,34)(H,33,35). The molecular weight excluding hydrogens is 509 g/mol. The molecule has 37 heavy (non-hydrogen) atoms. The second-order valence-electron chi connectivity index (χ2n) is 8.79. The first-order valence-electron chi connectivity index (χ1n) is 11.7. The summed E-state index contributed by atoms with van der Waals surface area (Å²) in [6, 6.07) is 12.0. The van der Waals surface area contributed by atoms with Crippen molar-refractivity contribution in [3.05, 3.63) is 77.4 Å². The van der Waals surface area contributed by atoms with Crippen LogP contribution in [0.5, 0.6) is 11.7 Å². The van der Waals surface area contributed by atoms with Crippen molar-refractivity contribution in [3.63, 3.8) is 0 Å². The van der Waals surface area contributed by atoms with Gasteiger partial charge in [0.15, 0.2) is 5.76 Å². The lowest BCUT2D eigenvalue weighted by Gasteiger charge is -2.30. The third-order valence-electron chi connectivity index (χ3n) is 6.14. The zero-order valence-corrected chi connectivity index (χ0v) is 20.1. The lowest BCUT2D eigenvalue weighted by Crippen LogP contribution is -2.40. The van der Waals surface area contributed by atoms with Crippen molar-refractivity contribution >= 4 is 34.1 Å². The van der Waals surface area contributed by atoms with Gasteiger partial charge in [0.25, 0.3) is 11.9 Å². The van der Waals surface area contributed by atoms with Gasteiger partial charge in [-0.3, -0.25) is 9.78 Å². The molecule has 1 fully saturated rings. The van der Waals surface area contributed by atoms with Crippen LogP contribution in [0.2, 0.25) is 5.02 Å². The van der Waals surface area contributed by atoms with E-state index >= 15 is 0 Å². The minimum atomic E-state index is -4.57. The molecule has 0 bridgehead atoms. The zero-order valence-electron chi connectivity index (χ0n) is 19.4. The van der Waals surface area contributed by atoms with Gasteiger partial charge in [0, 0.05) is 40.4 Å². The Kier molecular flexibility index (Phi) is 6.92. The molecule has 2 N–H and O–H groups in total. The minimum absolute atomic E-state index is 0.0677. The van der Waals surface area contributed by atoms with E-state index in [1.807, 2.05) is 0 Å². The highest BCUT2D eigenvalue weighted by molar-refractivity contribution is 6.31. The van der Waals surface area contributed by atoms with E-state index in [-0.39, 0.29) is 35.2 Å². The summed E-state index contributed by atoms with van der Waals surface area (Å²) in [6.07, 6.45) is 1.20. The number of aromatic nitrogens is 2. The number of hydrogen-bond acceptors (Lipinski definition) is 6. The molecule has 0 saturated heterocycles. The Labute approximate surface area is 215 Å². The Morgan fingerprint density at radius 3 is 2.57 bits per heavy atom. The van der Waals surface area contributed by atoms with Crippen LogP contribution in [-0.2, 0) is 6.18 Å². The predicted octanol–water partition coefficient (Wildman–Crippen LogP) is 6.84. The summed E-state index contributed by atoms with van der Waals surface area (Å²) in [5.74, 6) is 0.427. The third kappa shape index (κ3) is 5.96. The fourth-order valence-electron chi connectivity index (χ4n) is 4.34. The summed E-state index contributed by atoms with van der Waals surface area (Å²) in [4.78, 5) is 20.4. The SMILES string of the molecule is O=C(NC1CCC(Nc2cc(C(F)(F)F)nc3ccc(Cl)cc23)CC1)c1ccc(Oc2cccnc2)o1.